The van der Waals surface area contributed by atoms with Crippen LogP contribution in [0.2, 0.25) is 0 Å². The summed E-state index contributed by atoms with van der Waals surface area (Å²) < 4.78 is 11.4. The largest absolute Gasteiger partial charge is 0.491 e. The molecule has 0 amide bonds. The lowest BCUT2D eigenvalue weighted by molar-refractivity contribution is -0.0701. The molecule has 0 spiro atoms. The monoisotopic (exact) mass is 293 g/mol. The number of β-amino-alcohol motifs (C(OH)–C–C–N with tert-alkyl or cyclic N) is 1. The van der Waals surface area contributed by atoms with Gasteiger partial charge in [0.05, 0.1) is 12.7 Å². The topological polar surface area (TPSA) is 41.9 Å². The van der Waals surface area contributed by atoms with Crippen molar-refractivity contribution < 1.29 is 14.6 Å². The van der Waals surface area contributed by atoms with Crippen LogP contribution in [0.1, 0.15) is 25.0 Å². The molecule has 1 aromatic carbocycles. The van der Waals surface area contributed by atoms with E-state index in [4.69, 9.17) is 9.47 Å². The second-order valence-corrected chi connectivity index (χ2v) is 6.05. The van der Waals surface area contributed by atoms with Crippen LogP contribution in [-0.2, 0) is 4.74 Å². The van der Waals surface area contributed by atoms with E-state index in [1.54, 1.807) is 0 Å². The third-order valence-electron chi connectivity index (χ3n) is 4.22. The first kappa shape index (κ1) is 16.3. The maximum Gasteiger partial charge on any atom is 0.122 e. The van der Waals surface area contributed by atoms with Crippen molar-refractivity contribution in [3.63, 3.8) is 0 Å². The van der Waals surface area contributed by atoms with E-state index >= 15 is 0 Å². The molecule has 3 unspecified atom stereocenters. The Bertz CT molecular complexity index is 463. The van der Waals surface area contributed by atoms with Crippen molar-refractivity contribution in [2.24, 2.45) is 0 Å². The molecule has 2 rings (SSSR count). The molecule has 0 saturated carbocycles. The van der Waals surface area contributed by atoms with Gasteiger partial charge in [0.25, 0.3) is 0 Å². The van der Waals surface area contributed by atoms with E-state index in [1.807, 2.05) is 19.1 Å². The van der Waals surface area contributed by atoms with Crippen LogP contribution in [0.5, 0.6) is 5.75 Å². The number of aliphatic hydroxyl groups is 1. The van der Waals surface area contributed by atoms with Gasteiger partial charge >= 0.3 is 0 Å². The van der Waals surface area contributed by atoms with E-state index in [0.29, 0.717) is 19.2 Å². The van der Waals surface area contributed by atoms with Crippen LogP contribution in [0.4, 0.5) is 0 Å². The summed E-state index contributed by atoms with van der Waals surface area (Å²) in [5.41, 5.74) is 2.33. The first-order valence-corrected chi connectivity index (χ1v) is 7.71. The standard InChI is InChI=1S/C17H27NO3/c1-12-5-6-17(13(2)9-12)21-11-16(19)10-18-7-8-20-15(4)14(18)3/h5-6,9,14-16,19H,7-8,10-11H2,1-4H3. The predicted molar refractivity (Wildman–Crippen MR) is 83.9 cm³/mol. The minimum absolute atomic E-state index is 0.214. The maximum atomic E-state index is 10.2. The summed E-state index contributed by atoms with van der Waals surface area (Å²) in [5, 5.41) is 10.2. The number of ether oxygens (including phenoxy) is 2. The van der Waals surface area contributed by atoms with Crippen molar-refractivity contribution in [3.8, 4) is 5.75 Å². The van der Waals surface area contributed by atoms with Crippen molar-refractivity contribution in [2.75, 3.05) is 26.3 Å². The van der Waals surface area contributed by atoms with E-state index in [-0.39, 0.29) is 6.10 Å². The number of hydrogen-bond donors (Lipinski definition) is 1. The highest BCUT2D eigenvalue weighted by atomic mass is 16.5. The lowest BCUT2D eigenvalue weighted by atomic mass is 10.1. The van der Waals surface area contributed by atoms with E-state index < -0.39 is 6.10 Å². The molecule has 0 radical (unpaired) electrons. The molecule has 1 heterocycles. The molecule has 1 aromatic rings. The summed E-state index contributed by atoms with van der Waals surface area (Å²) in [6.45, 7) is 10.9. The molecule has 4 nitrogen and oxygen atoms in total. The summed E-state index contributed by atoms with van der Waals surface area (Å²) in [6, 6.07) is 6.42. The first-order chi connectivity index (χ1) is 9.97. The van der Waals surface area contributed by atoms with Gasteiger partial charge in [0.1, 0.15) is 18.5 Å². The fraction of sp³-hybridized carbons (Fsp3) is 0.647. The highest BCUT2D eigenvalue weighted by Gasteiger charge is 2.26. The Labute approximate surface area is 127 Å². The third-order valence-corrected chi connectivity index (χ3v) is 4.22. The number of aryl methyl sites for hydroxylation is 2. The molecule has 0 aliphatic carbocycles. The minimum Gasteiger partial charge on any atom is -0.491 e. The van der Waals surface area contributed by atoms with Gasteiger partial charge in [-0.2, -0.15) is 0 Å². The summed E-state index contributed by atoms with van der Waals surface area (Å²) in [4.78, 5) is 2.27. The highest BCUT2D eigenvalue weighted by molar-refractivity contribution is 5.35. The number of morpholine rings is 1. The number of hydrogen-bond acceptors (Lipinski definition) is 4. The summed E-state index contributed by atoms with van der Waals surface area (Å²) in [7, 11) is 0. The minimum atomic E-state index is -0.488. The molecule has 1 aliphatic heterocycles. The Hall–Kier alpha value is -1.10. The van der Waals surface area contributed by atoms with Crippen LogP contribution >= 0.6 is 0 Å². The zero-order chi connectivity index (χ0) is 15.4. The molecule has 3 atom stereocenters. The quantitative estimate of drug-likeness (QED) is 0.903. The van der Waals surface area contributed by atoms with E-state index in [1.165, 1.54) is 5.56 Å². The maximum absolute atomic E-state index is 10.2. The molecule has 1 saturated heterocycles. The molecule has 1 N–H and O–H groups in total. The molecule has 21 heavy (non-hydrogen) atoms. The first-order valence-electron chi connectivity index (χ1n) is 7.71. The number of aliphatic hydroxyl groups excluding tert-OH is 1. The Morgan fingerprint density at radius 1 is 1.38 bits per heavy atom. The van der Waals surface area contributed by atoms with E-state index in [2.05, 4.69) is 31.7 Å². The van der Waals surface area contributed by atoms with Gasteiger partial charge in [0.2, 0.25) is 0 Å². The van der Waals surface area contributed by atoms with Crippen molar-refractivity contribution in [1.82, 2.24) is 4.90 Å². The van der Waals surface area contributed by atoms with Gasteiger partial charge in [-0.3, -0.25) is 4.90 Å². The van der Waals surface area contributed by atoms with Gasteiger partial charge in [-0.1, -0.05) is 17.7 Å². The smallest absolute Gasteiger partial charge is 0.122 e. The van der Waals surface area contributed by atoms with Crippen molar-refractivity contribution in [3.05, 3.63) is 29.3 Å². The fourth-order valence-corrected chi connectivity index (χ4v) is 2.72. The summed E-state index contributed by atoms with van der Waals surface area (Å²) >= 11 is 0. The Balaban J connectivity index is 1.83. The Morgan fingerprint density at radius 3 is 2.86 bits per heavy atom. The zero-order valence-corrected chi connectivity index (χ0v) is 13.5. The second kappa shape index (κ2) is 7.25. The lowest BCUT2D eigenvalue weighted by Crippen LogP contribution is -2.51. The van der Waals surface area contributed by atoms with Gasteiger partial charge in [-0.05, 0) is 39.3 Å². The van der Waals surface area contributed by atoms with E-state index in [0.717, 1.165) is 24.5 Å². The highest BCUT2D eigenvalue weighted by Crippen LogP contribution is 2.19. The molecule has 4 heteroatoms. The van der Waals surface area contributed by atoms with Gasteiger partial charge < -0.3 is 14.6 Å². The summed E-state index contributed by atoms with van der Waals surface area (Å²) in [6.07, 6.45) is -0.273. The molecular formula is C17H27NO3. The normalized spacial score (nSPS) is 24.8. The second-order valence-electron chi connectivity index (χ2n) is 6.05. The van der Waals surface area contributed by atoms with Crippen molar-refractivity contribution >= 4 is 0 Å². The van der Waals surface area contributed by atoms with Crippen LogP contribution in [0, 0.1) is 13.8 Å². The average molecular weight is 293 g/mol. The molecular weight excluding hydrogens is 266 g/mol. The van der Waals surface area contributed by atoms with Gasteiger partial charge in [0, 0.05) is 19.1 Å². The number of rotatable bonds is 5. The van der Waals surface area contributed by atoms with Crippen molar-refractivity contribution in [1.29, 1.82) is 0 Å². The fourth-order valence-electron chi connectivity index (χ4n) is 2.72. The molecule has 0 bridgehead atoms. The van der Waals surface area contributed by atoms with Gasteiger partial charge in [-0.25, -0.2) is 0 Å². The van der Waals surface area contributed by atoms with Crippen LogP contribution in [0.15, 0.2) is 18.2 Å². The van der Waals surface area contributed by atoms with Gasteiger partial charge in [0.15, 0.2) is 0 Å². The predicted octanol–water partition coefficient (Wildman–Crippen LogP) is 2.15. The van der Waals surface area contributed by atoms with Crippen LogP contribution in [0.3, 0.4) is 0 Å². The van der Waals surface area contributed by atoms with Crippen LogP contribution in [0.25, 0.3) is 0 Å². The SMILES string of the molecule is Cc1ccc(OCC(O)CN2CCOC(C)C2C)c(C)c1. The Kier molecular flexibility index (Phi) is 5.62. The molecule has 1 fully saturated rings. The summed E-state index contributed by atoms with van der Waals surface area (Å²) in [5.74, 6) is 0.850. The molecule has 0 aromatic heterocycles. The lowest BCUT2D eigenvalue weighted by Gasteiger charge is -2.38. The Morgan fingerprint density at radius 2 is 2.14 bits per heavy atom. The van der Waals surface area contributed by atoms with Crippen LogP contribution in [-0.4, -0.2) is 54.6 Å². The van der Waals surface area contributed by atoms with E-state index in [9.17, 15) is 5.11 Å². The third kappa shape index (κ3) is 4.43. The van der Waals surface area contributed by atoms with Gasteiger partial charge in [-0.15, -0.1) is 0 Å². The average Bonchev–Trinajstić information content (AvgIpc) is 2.43. The molecule has 118 valence electrons. The van der Waals surface area contributed by atoms with Crippen molar-refractivity contribution in [2.45, 2.75) is 45.9 Å². The number of nitrogens with zero attached hydrogens (tertiary/aromatic N) is 1. The molecule has 1 aliphatic rings. The number of benzene rings is 1. The zero-order valence-electron chi connectivity index (χ0n) is 13.5. The van der Waals surface area contributed by atoms with Crippen LogP contribution < -0.4 is 4.74 Å².